The van der Waals surface area contributed by atoms with Gasteiger partial charge in [-0.05, 0) is 24.2 Å². The Hall–Kier alpha value is -0.465. The molecule has 2 nitrogen and oxygen atoms in total. The van der Waals surface area contributed by atoms with Crippen LogP contribution in [-0.4, -0.2) is 32.2 Å². The first-order valence-electron chi connectivity index (χ1n) is 6.31. The molecule has 0 N–H and O–H groups in total. The maximum Gasteiger partial charge on any atom is 0.225 e. The van der Waals surface area contributed by atoms with E-state index in [0.29, 0.717) is 11.8 Å². The second-order valence-electron chi connectivity index (χ2n) is 6.44. The van der Waals surface area contributed by atoms with E-state index in [1.54, 1.807) is 0 Å². The van der Waals surface area contributed by atoms with Crippen LogP contribution in [0.5, 0.6) is 0 Å². The summed E-state index contributed by atoms with van der Waals surface area (Å²) >= 11 is 0. The highest BCUT2D eigenvalue weighted by atomic mass is 16.2. The van der Waals surface area contributed by atoms with Crippen molar-refractivity contribution in [2.45, 2.75) is 45.3 Å². The van der Waals surface area contributed by atoms with E-state index in [1.807, 2.05) is 11.9 Å². The molecule has 0 spiro atoms. The lowest BCUT2D eigenvalue weighted by molar-refractivity contribution is -0.147. The third-order valence-electron chi connectivity index (χ3n) is 5.33. The normalized spacial score (nSPS) is 43.0. The number of rotatable bonds is 0. The van der Waals surface area contributed by atoms with Gasteiger partial charge < -0.3 is 4.90 Å². The van der Waals surface area contributed by atoms with E-state index in [4.69, 9.17) is 7.85 Å². The summed E-state index contributed by atoms with van der Waals surface area (Å²) in [6, 6.07) is 0. The van der Waals surface area contributed by atoms with Crippen LogP contribution in [0.1, 0.15) is 40.0 Å². The lowest BCUT2D eigenvalue weighted by atomic mass is 9.43. The van der Waals surface area contributed by atoms with Crippen LogP contribution < -0.4 is 0 Å². The maximum absolute atomic E-state index is 12.1. The predicted octanol–water partition coefficient (Wildman–Crippen LogP) is 2.25. The van der Waals surface area contributed by atoms with Crippen molar-refractivity contribution in [3.05, 3.63) is 0 Å². The van der Waals surface area contributed by atoms with Crippen LogP contribution in [0, 0.1) is 17.3 Å². The summed E-state index contributed by atoms with van der Waals surface area (Å²) in [5, 5.41) is -0.135. The van der Waals surface area contributed by atoms with Crippen molar-refractivity contribution in [2.75, 3.05) is 13.6 Å². The number of carbonyl (C=O) groups is 1. The van der Waals surface area contributed by atoms with Crippen molar-refractivity contribution in [2.24, 2.45) is 17.3 Å². The van der Waals surface area contributed by atoms with Crippen LogP contribution in [0.15, 0.2) is 0 Å². The quantitative estimate of drug-likeness (QED) is 0.572. The van der Waals surface area contributed by atoms with E-state index < -0.39 is 0 Å². The Balaban J connectivity index is 2.29. The molecule has 2 rings (SSSR count). The summed E-state index contributed by atoms with van der Waals surface area (Å²) in [5.41, 5.74) is 0.0623. The van der Waals surface area contributed by atoms with Gasteiger partial charge in [-0.25, -0.2) is 0 Å². The molecule has 2 aliphatic rings. The largest absolute Gasteiger partial charge is 0.346 e. The van der Waals surface area contributed by atoms with Crippen LogP contribution in [-0.2, 0) is 4.79 Å². The molecule has 1 saturated carbocycles. The standard InChI is InChI=1S/C13H22BNO/c1-12(2)10-6-8-15(4)11(16)9(10)5-7-13(12,3)14/h9-10H,5-8H2,1-4H3. The molecule has 1 amide bonds. The number of fused-ring (bicyclic) bond motifs is 1. The van der Waals surface area contributed by atoms with E-state index in [-0.39, 0.29) is 16.6 Å². The first-order valence-corrected chi connectivity index (χ1v) is 6.31. The van der Waals surface area contributed by atoms with Gasteiger partial charge in [0.1, 0.15) is 0 Å². The van der Waals surface area contributed by atoms with E-state index >= 15 is 0 Å². The van der Waals surface area contributed by atoms with Crippen molar-refractivity contribution in [3.8, 4) is 0 Å². The van der Waals surface area contributed by atoms with E-state index in [2.05, 4.69) is 20.8 Å². The lowest BCUT2D eigenvalue weighted by Gasteiger charge is -2.57. The van der Waals surface area contributed by atoms with Gasteiger partial charge in [-0.15, -0.1) is 0 Å². The van der Waals surface area contributed by atoms with E-state index in [9.17, 15) is 4.79 Å². The fourth-order valence-corrected chi connectivity index (χ4v) is 3.49. The highest BCUT2D eigenvalue weighted by Crippen LogP contribution is 2.60. The van der Waals surface area contributed by atoms with Gasteiger partial charge in [0.25, 0.3) is 0 Å². The molecule has 3 atom stereocenters. The van der Waals surface area contributed by atoms with E-state index in [1.165, 1.54) is 0 Å². The van der Waals surface area contributed by atoms with Crippen LogP contribution in [0.25, 0.3) is 0 Å². The fraction of sp³-hybridized carbons (Fsp3) is 0.923. The number of nitrogens with zero attached hydrogens (tertiary/aromatic N) is 1. The molecule has 0 aromatic heterocycles. The number of carbonyl (C=O) groups excluding carboxylic acids is 1. The Labute approximate surface area is 100 Å². The van der Waals surface area contributed by atoms with Crippen LogP contribution in [0.2, 0.25) is 5.31 Å². The molecule has 88 valence electrons. The van der Waals surface area contributed by atoms with Crippen LogP contribution >= 0.6 is 0 Å². The monoisotopic (exact) mass is 219 g/mol. The molecule has 2 fully saturated rings. The Morgan fingerprint density at radius 1 is 1.31 bits per heavy atom. The topological polar surface area (TPSA) is 20.3 Å². The Bertz CT molecular complexity index is 311. The molecule has 3 heteroatoms. The predicted molar refractivity (Wildman–Crippen MR) is 66.4 cm³/mol. The highest BCUT2D eigenvalue weighted by molar-refractivity contribution is 6.15. The first kappa shape index (κ1) is 12.0. The molecule has 1 heterocycles. The van der Waals surface area contributed by atoms with Gasteiger partial charge in [-0.2, -0.15) is 0 Å². The van der Waals surface area contributed by atoms with Crippen molar-refractivity contribution in [1.82, 2.24) is 4.90 Å². The third-order valence-corrected chi connectivity index (χ3v) is 5.33. The molecule has 1 aliphatic carbocycles. The molecular weight excluding hydrogens is 197 g/mol. The zero-order valence-electron chi connectivity index (χ0n) is 10.9. The van der Waals surface area contributed by atoms with Gasteiger partial charge in [0.15, 0.2) is 0 Å². The average Bonchev–Trinajstić information content (AvgIpc) is 2.18. The fourth-order valence-electron chi connectivity index (χ4n) is 3.49. The zero-order valence-corrected chi connectivity index (χ0v) is 10.9. The molecule has 1 aliphatic heterocycles. The van der Waals surface area contributed by atoms with Gasteiger partial charge in [0.2, 0.25) is 5.91 Å². The Morgan fingerprint density at radius 2 is 1.94 bits per heavy atom. The number of hydrogen-bond acceptors (Lipinski definition) is 1. The van der Waals surface area contributed by atoms with Crippen molar-refractivity contribution in [3.63, 3.8) is 0 Å². The molecule has 0 aromatic carbocycles. The summed E-state index contributed by atoms with van der Waals surface area (Å²) in [6.45, 7) is 7.51. The van der Waals surface area contributed by atoms with Gasteiger partial charge in [0.05, 0.1) is 7.85 Å². The van der Waals surface area contributed by atoms with Gasteiger partial charge in [-0.1, -0.05) is 32.5 Å². The van der Waals surface area contributed by atoms with Gasteiger partial charge in [0, 0.05) is 19.5 Å². The van der Waals surface area contributed by atoms with E-state index in [0.717, 1.165) is 25.8 Å². The Kier molecular flexibility index (Phi) is 2.63. The highest BCUT2D eigenvalue weighted by Gasteiger charge is 2.52. The van der Waals surface area contributed by atoms with Crippen LogP contribution in [0.4, 0.5) is 0 Å². The minimum atomic E-state index is -0.135. The molecule has 0 bridgehead atoms. The average molecular weight is 219 g/mol. The molecule has 3 unspecified atom stereocenters. The molecule has 2 radical (unpaired) electrons. The summed E-state index contributed by atoms with van der Waals surface area (Å²) in [5.74, 6) is 1.00. The maximum atomic E-state index is 12.1. The second kappa shape index (κ2) is 3.51. The second-order valence-corrected chi connectivity index (χ2v) is 6.44. The Morgan fingerprint density at radius 3 is 2.56 bits per heavy atom. The number of hydrogen-bond donors (Lipinski definition) is 0. The summed E-state index contributed by atoms with van der Waals surface area (Å²) < 4.78 is 0. The molecule has 0 aromatic rings. The summed E-state index contributed by atoms with van der Waals surface area (Å²) in [4.78, 5) is 14.0. The number of amides is 1. The molecule has 1 saturated heterocycles. The van der Waals surface area contributed by atoms with Crippen molar-refractivity contribution in [1.29, 1.82) is 0 Å². The smallest absolute Gasteiger partial charge is 0.225 e. The molecular formula is C13H22BNO. The van der Waals surface area contributed by atoms with Gasteiger partial charge in [-0.3, -0.25) is 4.79 Å². The molecule has 16 heavy (non-hydrogen) atoms. The summed E-state index contributed by atoms with van der Waals surface area (Å²) in [6.07, 6.45) is 3.03. The summed E-state index contributed by atoms with van der Waals surface area (Å²) in [7, 11) is 8.34. The van der Waals surface area contributed by atoms with Crippen molar-refractivity contribution >= 4 is 13.8 Å². The van der Waals surface area contributed by atoms with Crippen LogP contribution in [0.3, 0.4) is 0 Å². The third kappa shape index (κ3) is 1.51. The lowest BCUT2D eigenvalue weighted by Crippen LogP contribution is -2.53. The number of likely N-dealkylation sites (tertiary alicyclic amines) is 1. The SMILES string of the molecule is [B]C1(C)CCC2C(=O)N(C)CCC2C1(C)C. The minimum absolute atomic E-state index is 0.0623. The minimum Gasteiger partial charge on any atom is -0.346 e. The first-order chi connectivity index (χ1) is 7.27. The zero-order chi connectivity index (χ0) is 12.1. The number of piperidine rings is 1. The van der Waals surface area contributed by atoms with Gasteiger partial charge >= 0.3 is 0 Å². The van der Waals surface area contributed by atoms with Crippen molar-refractivity contribution < 1.29 is 4.79 Å².